The maximum absolute atomic E-state index is 12.8. The molecule has 1 unspecified atom stereocenters. The summed E-state index contributed by atoms with van der Waals surface area (Å²) in [5.41, 5.74) is 1.72. The average molecular weight is 529 g/mol. The number of anilines is 2. The number of benzene rings is 2. The molecule has 2 aromatic carbocycles. The standard InChI is InChI=1S/C20H12Cl3N3O4S2/c21-11-1-6-14-10(7-11)8-16(27)26(19(14)28)13-4-2-12(3-5-13)24-20(29)25-32(30)17-9-15(22)18(23)31-17/h1-7,9H,8H2,(H2,24,25,29). The molecule has 164 valence electrons. The molecule has 12 heteroatoms. The van der Waals surface area contributed by atoms with Gasteiger partial charge in [0.2, 0.25) is 5.91 Å². The number of carbonyl (C=O) groups is 3. The number of amides is 4. The highest BCUT2D eigenvalue weighted by Crippen LogP contribution is 2.33. The van der Waals surface area contributed by atoms with Crippen LogP contribution in [0.3, 0.4) is 0 Å². The van der Waals surface area contributed by atoms with Crippen molar-refractivity contribution in [2.75, 3.05) is 10.2 Å². The van der Waals surface area contributed by atoms with Gasteiger partial charge in [-0.1, -0.05) is 34.8 Å². The number of rotatable bonds is 4. The Morgan fingerprint density at radius 2 is 1.75 bits per heavy atom. The predicted molar refractivity (Wildman–Crippen MR) is 126 cm³/mol. The molecule has 0 saturated carbocycles. The summed E-state index contributed by atoms with van der Waals surface area (Å²) in [7, 11) is -1.84. The van der Waals surface area contributed by atoms with Crippen LogP contribution in [-0.2, 0) is 22.2 Å². The fourth-order valence-electron chi connectivity index (χ4n) is 3.06. The SMILES string of the molecule is O=C(Nc1ccc(N2C(=O)Cc3cc(Cl)ccc3C2=O)cc1)NS(=O)c1cc(Cl)c(Cl)s1. The van der Waals surface area contributed by atoms with E-state index < -0.39 is 22.9 Å². The van der Waals surface area contributed by atoms with Crippen LogP contribution in [0.1, 0.15) is 15.9 Å². The molecule has 2 heterocycles. The summed E-state index contributed by atoms with van der Waals surface area (Å²) >= 11 is 18.6. The molecular formula is C20H12Cl3N3O4S2. The molecule has 0 bridgehead atoms. The summed E-state index contributed by atoms with van der Waals surface area (Å²) < 4.78 is 15.1. The molecule has 32 heavy (non-hydrogen) atoms. The zero-order valence-corrected chi connectivity index (χ0v) is 19.8. The third-order valence-electron chi connectivity index (χ3n) is 4.47. The molecule has 0 aliphatic carbocycles. The van der Waals surface area contributed by atoms with Gasteiger partial charge in [0.25, 0.3) is 5.91 Å². The number of carbonyl (C=O) groups excluding carboxylic acids is 3. The Balaban J connectivity index is 1.44. The smallest absolute Gasteiger partial charge is 0.307 e. The quantitative estimate of drug-likeness (QED) is 0.450. The molecule has 0 saturated heterocycles. The van der Waals surface area contributed by atoms with Crippen LogP contribution in [-0.4, -0.2) is 22.1 Å². The minimum Gasteiger partial charge on any atom is -0.307 e. The summed E-state index contributed by atoms with van der Waals surface area (Å²) in [5.74, 6) is -0.832. The highest BCUT2D eigenvalue weighted by Gasteiger charge is 2.32. The van der Waals surface area contributed by atoms with E-state index in [-0.39, 0.29) is 21.7 Å². The summed E-state index contributed by atoms with van der Waals surface area (Å²) in [4.78, 5) is 38.6. The minimum absolute atomic E-state index is 0.0482. The van der Waals surface area contributed by atoms with Crippen molar-refractivity contribution < 1.29 is 18.6 Å². The highest BCUT2D eigenvalue weighted by molar-refractivity contribution is 7.86. The van der Waals surface area contributed by atoms with Gasteiger partial charge in [-0.3, -0.25) is 14.3 Å². The molecule has 2 N–H and O–H groups in total. The van der Waals surface area contributed by atoms with Gasteiger partial charge in [-0.25, -0.2) is 13.9 Å². The number of nitrogens with one attached hydrogen (secondary N) is 2. The van der Waals surface area contributed by atoms with Crippen LogP contribution in [0.2, 0.25) is 14.4 Å². The first-order chi connectivity index (χ1) is 15.2. The van der Waals surface area contributed by atoms with Gasteiger partial charge in [-0.15, -0.1) is 11.3 Å². The van der Waals surface area contributed by atoms with Gasteiger partial charge in [0, 0.05) is 16.3 Å². The molecule has 1 aromatic heterocycles. The van der Waals surface area contributed by atoms with Gasteiger partial charge in [-0.05, 0) is 54.1 Å². The molecule has 0 radical (unpaired) electrons. The number of fused-ring (bicyclic) bond motifs is 1. The van der Waals surface area contributed by atoms with Gasteiger partial charge in [0.15, 0.2) is 11.0 Å². The molecule has 1 aliphatic rings. The van der Waals surface area contributed by atoms with E-state index in [1.54, 1.807) is 18.2 Å². The molecule has 1 aliphatic heterocycles. The normalized spacial score (nSPS) is 14.2. The molecule has 0 spiro atoms. The number of urea groups is 1. The lowest BCUT2D eigenvalue weighted by Crippen LogP contribution is -2.42. The van der Waals surface area contributed by atoms with Gasteiger partial charge >= 0.3 is 6.03 Å². The second kappa shape index (κ2) is 9.21. The summed E-state index contributed by atoms with van der Waals surface area (Å²) in [5, 5.41) is 3.24. The molecular weight excluding hydrogens is 517 g/mol. The van der Waals surface area contributed by atoms with E-state index >= 15 is 0 Å². The Morgan fingerprint density at radius 1 is 1.03 bits per heavy atom. The Kier molecular flexibility index (Phi) is 6.55. The van der Waals surface area contributed by atoms with Crippen molar-refractivity contribution in [3.8, 4) is 0 Å². The van der Waals surface area contributed by atoms with E-state index in [4.69, 9.17) is 34.8 Å². The number of nitrogens with zero attached hydrogens (tertiary/aromatic N) is 1. The number of hydrogen-bond donors (Lipinski definition) is 2. The Morgan fingerprint density at radius 3 is 2.41 bits per heavy atom. The zero-order valence-electron chi connectivity index (χ0n) is 15.9. The lowest BCUT2D eigenvalue weighted by molar-refractivity contribution is -0.117. The maximum Gasteiger partial charge on any atom is 0.331 e. The number of thiophene rings is 1. The first-order valence-electron chi connectivity index (χ1n) is 8.93. The van der Waals surface area contributed by atoms with Crippen molar-refractivity contribution >= 4 is 86.3 Å². The van der Waals surface area contributed by atoms with Crippen LogP contribution in [0.25, 0.3) is 0 Å². The van der Waals surface area contributed by atoms with Crippen LogP contribution in [0.5, 0.6) is 0 Å². The van der Waals surface area contributed by atoms with E-state index in [0.717, 1.165) is 16.2 Å². The molecule has 1 atom stereocenters. The van der Waals surface area contributed by atoms with E-state index in [0.29, 0.717) is 31.7 Å². The van der Waals surface area contributed by atoms with E-state index in [1.165, 1.54) is 30.3 Å². The molecule has 0 fully saturated rings. The molecule has 3 aromatic rings. The van der Waals surface area contributed by atoms with Gasteiger partial charge in [0.1, 0.15) is 8.55 Å². The third-order valence-corrected chi connectivity index (χ3v) is 7.92. The second-order valence-corrected chi connectivity index (χ2v) is 10.5. The van der Waals surface area contributed by atoms with Crippen LogP contribution in [0, 0.1) is 0 Å². The van der Waals surface area contributed by atoms with Crippen LogP contribution >= 0.6 is 46.1 Å². The lowest BCUT2D eigenvalue weighted by atomic mass is 9.98. The first kappa shape index (κ1) is 22.8. The number of imide groups is 1. The Labute approximate surface area is 203 Å². The summed E-state index contributed by atoms with van der Waals surface area (Å²) in [6, 6.07) is 11.6. The van der Waals surface area contributed by atoms with Crippen LogP contribution in [0.15, 0.2) is 52.7 Å². The average Bonchev–Trinajstić information content (AvgIpc) is 3.07. The first-order valence-corrected chi connectivity index (χ1v) is 12.0. The maximum atomic E-state index is 12.8. The highest BCUT2D eigenvalue weighted by atomic mass is 35.5. The van der Waals surface area contributed by atoms with Crippen LogP contribution < -0.4 is 14.9 Å². The van der Waals surface area contributed by atoms with Crippen molar-refractivity contribution in [2.45, 2.75) is 10.6 Å². The van der Waals surface area contributed by atoms with E-state index in [2.05, 4.69) is 10.0 Å². The summed E-state index contributed by atoms with van der Waals surface area (Å²) in [6.07, 6.45) is 0.0482. The summed E-state index contributed by atoms with van der Waals surface area (Å²) in [6.45, 7) is 0. The number of halogens is 3. The third kappa shape index (κ3) is 4.67. The minimum atomic E-state index is -1.84. The van der Waals surface area contributed by atoms with Gasteiger partial charge in [-0.2, -0.15) is 0 Å². The van der Waals surface area contributed by atoms with Crippen molar-refractivity contribution in [1.29, 1.82) is 0 Å². The lowest BCUT2D eigenvalue weighted by Gasteiger charge is -2.27. The fraction of sp³-hybridized carbons (Fsp3) is 0.0500. The largest absolute Gasteiger partial charge is 0.331 e. The van der Waals surface area contributed by atoms with Crippen molar-refractivity contribution in [3.05, 3.63) is 74.0 Å². The van der Waals surface area contributed by atoms with Crippen molar-refractivity contribution in [2.24, 2.45) is 0 Å². The van der Waals surface area contributed by atoms with E-state index in [1.807, 2.05) is 0 Å². The molecule has 7 nitrogen and oxygen atoms in total. The van der Waals surface area contributed by atoms with Gasteiger partial charge in [0.05, 0.1) is 17.1 Å². The fourth-order valence-corrected chi connectivity index (χ4v) is 5.78. The number of hydrogen-bond acceptors (Lipinski definition) is 5. The van der Waals surface area contributed by atoms with Crippen molar-refractivity contribution in [1.82, 2.24) is 4.72 Å². The van der Waals surface area contributed by atoms with Crippen LogP contribution in [0.4, 0.5) is 16.2 Å². The Hall–Kier alpha value is -2.43. The van der Waals surface area contributed by atoms with Gasteiger partial charge < -0.3 is 5.32 Å². The zero-order chi connectivity index (χ0) is 23.0. The molecule has 4 amide bonds. The second-order valence-electron chi connectivity index (χ2n) is 6.57. The van der Waals surface area contributed by atoms with E-state index in [9.17, 15) is 18.6 Å². The monoisotopic (exact) mass is 527 g/mol. The van der Waals surface area contributed by atoms with Crippen molar-refractivity contribution in [3.63, 3.8) is 0 Å². The Bertz CT molecular complexity index is 1260. The molecule has 4 rings (SSSR count). The topological polar surface area (TPSA) is 95.6 Å². The predicted octanol–water partition coefficient (Wildman–Crippen LogP) is 5.28.